The topological polar surface area (TPSA) is 89.9 Å². The van der Waals surface area contributed by atoms with E-state index in [1.54, 1.807) is 17.9 Å². The van der Waals surface area contributed by atoms with Crippen molar-refractivity contribution in [2.75, 3.05) is 18.8 Å². The Morgan fingerprint density at radius 2 is 1.97 bits per heavy atom. The highest BCUT2D eigenvalue weighted by Crippen LogP contribution is 2.33. The second kappa shape index (κ2) is 7.39. The van der Waals surface area contributed by atoms with Crippen molar-refractivity contribution < 1.29 is 22.4 Å². The average molecular weight is 458 g/mol. The number of nitrogens with zero attached hydrogens (tertiary/aromatic N) is 5. The van der Waals surface area contributed by atoms with Gasteiger partial charge < -0.3 is 10.6 Å². The van der Waals surface area contributed by atoms with Crippen molar-refractivity contribution in [2.45, 2.75) is 18.5 Å². The monoisotopic (exact) mass is 458 g/mol. The highest BCUT2D eigenvalue weighted by Gasteiger charge is 2.33. The Morgan fingerprint density at radius 3 is 2.67 bits per heavy atom. The van der Waals surface area contributed by atoms with E-state index in [1.807, 2.05) is 0 Å². The molecule has 170 valence electrons. The summed E-state index contributed by atoms with van der Waals surface area (Å²) in [6.45, 7) is 0.570. The Kier molecular flexibility index (Phi) is 4.73. The minimum Gasteiger partial charge on any atom is -0.383 e. The molecule has 1 amide bonds. The minimum atomic E-state index is -4.46. The quantitative estimate of drug-likeness (QED) is 0.461. The molecule has 1 fully saturated rings. The number of amides is 1. The average Bonchev–Trinajstić information content (AvgIpc) is 3.41. The number of aromatic nitrogens is 4. The first-order valence-corrected chi connectivity index (χ1v) is 10.2. The lowest BCUT2D eigenvalue weighted by molar-refractivity contribution is -0.137. The number of hydrogen-bond donors (Lipinski definition) is 1. The van der Waals surface area contributed by atoms with Crippen molar-refractivity contribution in [2.24, 2.45) is 7.05 Å². The molecule has 1 aliphatic rings. The van der Waals surface area contributed by atoms with E-state index in [4.69, 9.17) is 5.73 Å². The largest absolute Gasteiger partial charge is 0.417 e. The molecule has 2 N–H and O–H groups in total. The number of pyridine rings is 2. The van der Waals surface area contributed by atoms with Crippen LogP contribution in [-0.4, -0.2) is 43.6 Å². The Hall–Kier alpha value is -3.76. The molecule has 0 saturated carbocycles. The summed E-state index contributed by atoms with van der Waals surface area (Å²) in [4.78, 5) is 22.8. The van der Waals surface area contributed by atoms with E-state index in [9.17, 15) is 22.4 Å². The van der Waals surface area contributed by atoms with Gasteiger partial charge in [-0.15, -0.1) is 0 Å². The molecule has 0 unspecified atom stereocenters. The van der Waals surface area contributed by atoms with E-state index >= 15 is 0 Å². The van der Waals surface area contributed by atoms with Gasteiger partial charge in [0.25, 0.3) is 5.91 Å². The van der Waals surface area contributed by atoms with Crippen molar-refractivity contribution in [1.29, 1.82) is 0 Å². The van der Waals surface area contributed by atoms with Crippen molar-refractivity contribution in [3.8, 4) is 0 Å². The lowest BCUT2D eigenvalue weighted by Gasteiger charge is -2.18. The van der Waals surface area contributed by atoms with Crippen LogP contribution in [0.2, 0.25) is 0 Å². The standard InChI is InChI=1S/C22H18F4N6O/c1-31-19-14-6-13(16(23)7-18(14)30-20(27)15(19)9-29-31)21(33)32-5-4-11(10-32)17-3-2-12(8-28-17)22(24,25)26/h2-3,6-9,11H,4-5,10H2,1H3,(H2,27,30)/t11-/m0/s1. The predicted octanol–water partition coefficient (Wildman–Crippen LogP) is 3.89. The molecule has 3 aromatic heterocycles. The molecular weight excluding hydrogens is 440 g/mol. The molecule has 0 bridgehead atoms. The molecule has 4 heterocycles. The minimum absolute atomic E-state index is 0.113. The van der Waals surface area contributed by atoms with Gasteiger partial charge in [-0.1, -0.05) is 0 Å². The van der Waals surface area contributed by atoms with Crippen LogP contribution in [0.15, 0.2) is 36.7 Å². The number of carbonyl (C=O) groups is 1. The van der Waals surface area contributed by atoms with Crippen LogP contribution in [0.25, 0.3) is 21.8 Å². The van der Waals surface area contributed by atoms with E-state index in [2.05, 4.69) is 15.1 Å². The van der Waals surface area contributed by atoms with Gasteiger partial charge in [0.15, 0.2) is 0 Å². The number of carbonyl (C=O) groups excluding carboxylic acids is 1. The molecular formula is C22H18F4N6O. The first kappa shape index (κ1) is 21.1. The Morgan fingerprint density at radius 1 is 1.18 bits per heavy atom. The maximum Gasteiger partial charge on any atom is 0.417 e. The molecule has 1 aromatic carbocycles. The smallest absolute Gasteiger partial charge is 0.383 e. The zero-order valence-electron chi connectivity index (χ0n) is 17.4. The van der Waals surface area contributed by atoms with E-state index in [0.29, 0.717) is 40.5 Å². The fraction of sp³-hybridized carbons (Fsp3) is 0.273. The number of aryl methyl sites for hydroxylation is 1. The van der Waals surface area contributed by atoms with E-state index in [0.717, 1.165) is 12.3 Å². The number of nitrogens with two attached hydrogens (primary N) is 1. The predicted molar refractivity (Wildman–Crippen MR) is 113 cm³/mol. The van der Waals surface area contributed by atoms with Crippen LogP contribution >= 0.6 is 0 Å². The first-order chi connectivity index (χ1) is 15.6. The maximum atomic E-state index is 14.9. The van der Waals surface area contributed by atoms with Gasteiger partial charge in [-0.25, -0.2) is 9.37 Å². The van der Waals surface area contributed by atoms with Gasteiger partial charge in [-0.3, -0.25) is 14.5 Å². The number of likely N-dealkylation sites (tertiary alicyclic amines) is 1. The summed E-state index contributed by atoms with van der Waals surface area (Å²) < 4.78 is 54.8. The summed E-state index contributed by atoms with van der Waals surface area (Å²) >= 11 is 0. The van der Waals surface area contributed by atoms with Crippen LogP contribution in [0.1, 0.15) is 34.0 Å². The Balaban J connectivity index is 1.44. The van der Waals surface area contributed by atoms with Gasteiger partial charge >= 0.3 is 6.18 Å². The third-order valence-corrected chi connectivity index (χ3v) is 6.03. The lowest BCUT2D eigenvalue weighted by atomic mass is 10.0. The first-order valence-electron chi connectivity index (χ1n) is 10.2. The van der Waals surface area contributed by atoms with E-state index in [-0.39, 0.29) is 23.8 Å². The molecule has 5 rings (SSSR count). The van der Waals surface area contributed by atoms with Crippen molar-refractivity contribution in [3.63, 3.8) is 0 Å². The number of alkyl halides is 3. The molecule has 7 nitrogen and oxygen atoms in total. The SMILES string of the molecule is Cn1ncc2c(N)nc3cc(F)c(C(=O)N4CC[C@H](c5ccc(C(F)(F)F)cn5)C4)cc3c21. The van der Waals surface area contributed by atoms with Crippen LogP contribution in [0.5, 0.6) is 0 Å². The third kappa shape index (κ3) is 3.53. The number of benzene rings is 1. The lowest BCUT2D eigenvalue weighted by Crippen LogP contribution is -2.29. The molecule has 1 saturated heterocycles. The third-order valence-electron chi connectivity index (χ3n) is 6.03. The second-order valence-electron chi connectivity index (χ2n) is 8.08. The molecule has 11 heteroatoms. The van der Waals surface area contributed by atoms with Gasteiger partial charge in [0.05, 0.1) is 33.7 Å². The maximum absolute atomic E-state index is 14.9. The number of anilines is 1. The number of nitrogen functional groups attached to an aromatic ring is 1. The molecule has 0 aliphatic carbocycles. The van der Waals surface area contributed by atoms with Crippen LogP contribution in [0.4, 0.5) is 23.4 Å². The highest BCUT2D eigenvalue weighted by molar-refractivity contribution is 6.10. The van der Waals surface area contributed by atoms with Crippen molar-refractivity contribution >= 4 is 33.5 Å². The number of halogens is 4. The van der Waals surface area contributed by atoms with Crippen LogP contribution in [0.3, 0.4) is 0 Å². The van der Waals surface area contributed by atoms with Gasteiger partial charge in [-0.05, 0) is 24.6 Å². The molecule has 0 spiro atoms. The number of rotatable bonds is 2. The summed E-state index contributed by atoms with van der Waals surface area (Å²) in [5.41, 5.74) is 6.43. The van der Waals surface area contributed by atoms with Crippen molar-refractivity contribution in [3.05, 3.63) is 59.3 Å². The molecule has 0 radical (unpaired) electrons. The molecule has 4 aromatic rings. The molecule has 33 heavy (non-hydrogen) atoms. The Labute approximate surface area is 184 Å². The fourth-order valence-corrected chi connectivity index (χ4v) is 4.31. The fourth-order valence-electron chi connectivity index (χ4n) is 4.31. The van der Waals surface area contributed by atoms with Gasteiger partial charge in [0, 0.05) is 49.4 Å². The summed E-state index contributed by atoms with van der Waals surface area (Å²) in [6.07, 6.45) is -1.59. The number of hydrogen-bond acceptors (Lipinski definition) is 5. The summed E-state index contributed by atoms with van der Waals surface area (Å²) in [5, 5.41) is 5.32. The van der Waals surface area contributed by atoms with Crippen LogP contribution in [-0.2, 0) is 13.2 Å². The Bertz CT molecular complexity index is 1400. The van der Waals surface area contributed by atoms with Gasteiger partial charge in [-0.2, -0.15) is 18.3 Å². The summed E-state index contributed by atoms with van der Waals surface area (Å²) in [6, 6.07) is 4.93. The molecule has 1 aliphatic heterocycles. The van der Waals surface area contributed by atoms with Crippen molar-refractivity contribution in [1.82, 2.24) is 24.6 Å². The summed E-state index contributed by atoms with van der Waals surface area (Å²) in [5.74, 6) is -1.24. The zero-order chi connectivity index (χ0) is 23.5. The van der Waals surface area contributed by atoms with Gasteiger partial charge in [0.1, 0.15) is 11.6 Å². The highest BCUT2D eigenvalue weighted by atomic mass is 19.4. The van der Waals surface area contributed by atoms with E-state index in [1.165, 1.54) is 23.1 Å². The number of fused-ring (bicyclic) bond motifs is 3. The van der Waals surface area contributed by atoms with E-state index < -0.39 is 23.5 Å². The van der Waals surface area contributed by atoms with Crippen LogP contribution in [0, 0.1) is 5.82 Å². The van der Waals surface area contributed by atoms with Gasteiger partial charge in [0.2, 0.25) is 0 Å². The second-order valence-corrected chi connectivity index (χ2v) is 8.08. The zero-order valence-corrected chi connectivity index (χ0v) is 17.4. The normalized spacial score (nSPS) is 16.8. The summed E-state index contributed by atoms with van der Waals surface area (Å²) in [7, 11) is 1.72. The van der Waals surface area contributed by atoms with Crippen LogP contribution < -0.4 is 5.73 Å². The molecule has 1 atom stereocenters.